The van der Waals surface area contributed by atoms with Crippen molar-refractivity contribution < 1.29 is 0 Å². The summed E-state index contributed by atoms with van der Waals surface area (Å²) in [6.07, 6.45) is 2.31. The Morgan fingerprint density at radius 3 is 2.42 bits per heavy atom. The fraction of sp³-hybridized carbons (Fsp3) is 0.294. The Morgan fingerprint density at radius 2 is 1.79 bits per heavy atom. The van der Waals surface area contributed by atoms with E-state index >= 15 is 0 Å². The minimum atomic E-state index is -0.0672. The Balaban J connectivity index is 2.28. The van der Waals surface area contributed by atoms with E-state index in [4.69, 9.17) is 11.6 Å². The molecule has 0 fully saturated rings. The lowest BCUT2D eigenvalue weighted by atomic mass is 10.0. The van der Waals surface area contributed by atoms with Gasteiger partial charge >= 0.3 is 0 Å². The molecule has 19 heavy (non-hydrogen) atoms. The maximum absolute atomic E-state index is 6.63. The van der Waals surface area contributed by atoms with E-state index < -0.39 is 0 Å². The van der Waals surface area contributed by atoms with E-state index in [0.29, 0.717) is 0 Å². The molecule has 0 heterocycles. The lowest BCUT2D eigenvalue weighted by molar-refractivity contribution is 0.920. The van der Waals surface area contributed by atoms with E-state index in [1.807, 2.05) is 0 Å². The molecular formula is C17H18ClI. The Kier molecular flexibility index (Phi) is 5.28. The van der Waals surface area contributed by atoms with Crippen LogP contribution < -0.4 is 0 Å². The number of halogens is 2. The van der Waals surface area contributed by atoms with Crippen molar-refractivity contribution in [3.8, 4) is 0 Å². The zero-order valence-electron chi connectivity index (χ0n) is 11.3. The van der Waals surface area contributed by atoms with Crippen LogP contribution in [0.25, 0.3) is 0 Å². The van der Waals surface area contributed by atoms with E-state index in [9.17, 15) is 0 Å². The molecule has 1 unspecified atom stereocenters. The summed E-state index contributed by atoms with van der Waals surface area (Å²) in [6.45, 7) is 4.33. The summed E-state index contributed by atoms with van der Waals surface area (Å²) in [5.41, 5.74) is 5.04. The third-order valence-corrected chi connectivity index (χ3v) is 5.27. The molecule has 2 aromatic rings. The minimum absolute atomic E-state index is 0.0672. The summed E-state index contributed by atoms with van der Waals surface area (Å²) >= 11 is 9.02. The third kappa shape index (κ3) is 3.51. The molecule has 0 aromatic heterocycles. The van der Waals surface area contributed by atoms with Crippen molar-refractivity contribution in [2.45, 2.75) is 32.1 Å². The molecule has 0 amide bonds. The number of rotatable bonds is 4. The van der Waals surface area contributed by atoms with Crippen LogP contribution in [-0.2, 0) is 6.42 Å². The molecule has 0 N–H and O–H groups in total. The standard InChI is InChI=1S/C17H18ClI/c1-3-5-13-8-10-14(11-9-13)16(18)15-7-4-6-12(2)17(15)19/h4,6-11,16H,3,5H2,1-2H3. The molecule has 0 saturated heterocycles. The largest absolute Gasteiger partial charge is 0.113 e. The monoisotopic (exact) mass is 384 g/mol. The van der Waals surface area contributed by atoms with Crippen LogP contribution in [0.4, 0.5) is 0 Å². The Morgan fingerprint density at radius 1 is 1.11 bits per heavy atom. The molecule has 0 aliphatic carbocycles. The quantitative estimate of drug-likeness (QED) is 0.456. The Hall–Kier alpha value is -0.540. The van der Waals surface area contributed by atoms with Crippen LogP contribution >= 0.6 is 34.2 Å². The van der Waals surface area contributed by atoms with E-state index in [1.165, 1.54) is 32.2 Å². The van der Waals surface area contributed by atoms with Gasteiger partial charge in [0.1, 0.15) is 0 Å². The second kappa shape index (κ2) is 6.76. The molecule has 0 spiro atoms. The van der Waals surface area contributed by atoms with E-state index in [1.54, 1.807) is 0 Å². The van der Waals surface area contributed by atoms with Gasteiger partial charge in [-0.2, -0.15) is 0 Å². The smallest absolute Gasteiger partial charge is 0.0845 e. The average Bonchev–Trinajstić information content (AvgIpc) is 2.42. The summed E-state index contributed by atoms with van der Waals surface area (Å²) in [7, 11) is 0. The third-order valence-electron chi connectivity index (χ3n) is 3.31. The van der Waals surface area contributed by atoms with Crippen molar-refractivity contribution in [3.05, 3.63) is 68.3 Å². The SMILES string of the molecule is CCCc1ccc(C(Cl)c2cccc(C)c2I)cc1. The highest BCUT2D eigenvalue weighted by Gasteiger charge is 2.14. The molecule has 0 saturated carbocycles. The molecule has 0 bridgehead atoms. The van der Waals surface area contributed by atoms with Crippen molar-refractivity contribution in [2.24, 2.45) is 0 Å². The molecule has 0 radical (unpaired) electrons. The second-order valence-corrected chi connectivity index (χ2v) is 6.35. The summed E-state index contributed by atoms with van der Waals surface area (Å²) in [5, 5.41) is -0.0672. The van der Waals surface area contributed by atoms with Crippen molar-refractivity contribution in [2.75, 3.05) is 0 Å². The first-order chi connectivity index (χ1) is 9.13. The van der Waals surface area contributed by atoms with Crippen molar-refractivity contribution in [3.63, 3.8) is 0 Å². The van der Waals surface area contributed by atoms with Crippen molar-refractivity contribution in [1.29, 1.82) is 0 Å². The van der Waals surface area contributed by atoms with Crippen LogP contribution in [0.2, 0.25) is 0 Å². The van der Waals surface area contributed by atoms with Crippen LogP contribution in [0.15, 0.2) is 42.5 Å². The van der Waals surface area contributed by atoms with Gasteiger partial charge in [-0.1, -0.05) is 55.8 Å². The van der Waals surface area contributed by atoms with Crippen LogP contribution in [0.3, 0.4) is 0 Å². The van der Waals surface area contributed by atoms with Gasteiger partial charge in [0.15, 0.2) is 0 Å². The zero-order valence-corrected chi connectivity index (χ0v) is 14.2. The summed E-state index contributed by atoms with van der Waals surface area (Å²) in [6, 6.07) is 15.0. The number of alkyl halides is 1. The van der Waals surface area contributed by atoms with Gasteiger partial charge < -0.3 is 0 Å². The highest BCUT2D eigenvalue weighted by atomic mass is 127. The first kappa shape index (κ1) is 14.9. The topological polar surface area (TPSA) is 0 Å². The summed E-state index contributed by atoms with van der Waals surface area (Å²) < 4.78 is 1.26. The van der Waals surface area contributed by atoms with E-state index in [0.717, 1.165) is 6.42 Å². The van der Waals surface area contributed by atoms with Gasteiger partial charge in [-0.3, -0.25) is 0 Å². The summed E-state index contributed by atoms with van der Waals surface area (Å²) in [5.74, 6) is 0. The fourth-order valence-corrected chi connectivity index (χ4v) is 3.37. The highest BCUT2D eigenvalue weighted by Crippen LogP contribution is 2.33. The van der Waals surface area contributed by atoms with Crippen LogP contribution in [0.1, 0.15) is 41.0 Å². The maximum Gasteiger partial charge on any atom is 0.0845 e. The molecule has 2 rings (SSSR count). The van der Waals surface area contributed by atoms with Crippen molar-refractivity contribution >= 4 is 34.2 Å². The predicted octanol–water partition coefficient (Wildman–Crippen LogP) is 5.88. The molecule has 2 heteroatoms. The van der Waals surface area contributed by atoms with E-state index in [-0.39, 0.29) is 5.38 Å². The van der Waals surface area contributed by atoms with Gasteiger partial charge in [0.2, 0.25) is 0 Å². The van der Waals surface area contributed by atoms with Crippen LogP contribution in [0.5, 0.6) is 0 Å². The second-order valence-electron chi connectivity index (χ2n) is 4.83. The molecular weight excluding hydrogens is 367 g/mol. The van der Waals surface area contributed by atoms with Crippen LogP contribution in [-0.4, -0.2) is 0 Å². The lowest BCUT2D eigenvalue weighted by Crippen LogP contribution is -1.98. The molecule has 2 aromatic carbocycles. The minimum Gasteiger partial charge on any atom is -0.113 e. The average molecular weight is 385 g/mol. The number of aryl methyl sites for hydroxylation is 2. The van der Waals surface area contributed by atoms with Gasteiger partial charge in [-0.25, -0.2) is 0 Å². The first-order valence-corrected chi connectivity index (χ1v) is 8.13. The highest BCUT2D eigenvalue weighted by molar-refractivity contribution is 14.1. The van der Waals surface area contributed by atoms with Gasteiger partial charge in [0, 0.05) is 3.57 Å². The number of benzene rings is 2. The predicted molar refractivity (Wildman–Crippen MR) is 92.0 cm³/mol. The van der Waals surface area contributed by atoms with Gasteiger partial charge in [0.05, 0.1) is 5.38 Å². The normalized spacial score (nSPS) is 12.4. The molecule has 100 valence electrons. The molecule has 0 nitrogen and oxygen atoms in total. The van der Waals surface area contributed by atoms with E-state index in [2.05, 4.69) is 78.9 Å². The van der Waals surface area contributed by atoms with Crippen molar-refractivity contribution in [1.82, 2.24) is 0 Å². The maximum atomic E-state index is 6.63. The Bertz CT molecular complexity index is 546. The fourth-order valence-electron chi connectivity index (χ4n) is 2.19. The zero-order chi connectivity index (χ0) is 13.8. The molecule has 1 atom stereocenters. The lowest BCUT2D eigenvalue weighted by Gasteiger charge is -2.14. The van der Waals surface area contributed by atoms with Gasteiger partial charge in [-0.05, 0) is 58.2 Å². The number of hydrogen-bond acceptors (Lipinski definition) is 0. The Labute approximate surface area is 134 Å². The summed E-state index contributed by atoms with van der Waals surface area (Å²) in [4.78, 5) is 0. The number of hydrogen-bond donors (Lipinski definition) is 0. The van der Waals surface area contributed by atoms with Gasteiger partial charge in [0.25, 0.3) is 0 Å². The van der Waals surface area contributed by atoms with Crippen LogP contribution in [0, 0.1) is 10.5 Å². The first-order valence-electron chi connectivity index (χ1n) is 6.61. The molecule has 0 aliphatic rings. The molecule has 0 aliphatic heterocycles. The van der Waals surface area contributed by atoms with Gasteiger partial charge in [-0.15, -0.1) is 11.6 Å².